The molecule has 1 fully saturated rings. The van der Waals surface area contributed by atoms with Crippen LogP contribution in [0.1, 0.15) is 17.5 Å². The Labute approximate surface area is 207 Å². The van der Waals surface area contributed by atoms with Crippen molar-refractivity contribution < 1.29 is 4.79 Å². The van der Waals surface area contributed by atoms with E-state index >= 15 is 0 Å². The molecule has 1 atom stereocenters. The number of amides is 2. The number of fused-ring (bicyclic) bond motifs is 1. The summed E-state index contributed by atoms with van der Waals surface area (Å²) in [6.07, 6.45) is 4.81. The number of urea groups is 1. The normalized spacial score (nSPS) is 20.2. The Balaban J connectivity index is 1.29. The maximum atomic E-state index is 12.9. The molecule has 3 aliphatic heterocycles. The lowest BCUT2D eigenvalue weighted by molar-refractivity contribution is 0.244. The van der Waals surface area contributed by atoms with Gasteiger partial charge in [-0.1, -0.05) is 24.3 Å². The van der Waals surface area contributed by atoms with Crippen molar-refractivity contribution in [3.8, 4) is 0 Å². The van der Waals surface area contributed by atoms with Gasteiger partial charge in [-0.3, -0.25) is 4.90 Å². The highest BCUT2D eigenvalue weighted by Crippen LogP contribution is 2.30. The van der Waals surface area contributed by atoms with Crippen LogP contribution in [0.3, 0.4) is 0 Å². The van der Waals surface area contributed by atoms with E-state index in [1.54, 1.807) is 4.90 Å². The Hall–Kier alpha value is -3.33. The summed E-state index contributed by atoms with van der Waals surface area (Å²) in [6, 6.07) is 16.6. The zero-order valence-corrected chi connectivity index (χ0v) is 20.3. The Morgan fingerprint density at radius 1 is 1.03 bits per heavy atom. The third-order valence-corrected chi connectivity index (χ3v) is 6.84. The van der Waals surface area contributed by atoms with Crippen LogP contribution in [0.4, 0.5) is 16.2 Å². The highest BCUT2D eigenvalue weighted by Gasteiger charge is 2.31. The summed E-state index contributed by atoms with van der Waals surface area (Å²) in [5.41, 5.74) is 12.0. The summed E-state index contributed by atoms with van der Waals surface area (Å²) in [5, 5.41) is 9.95. The van der Waals surface area contributed by atoms with Crippen molar-refractivity contribution in [3.63, 3.8) is 0 Å². The molecule has 0 saturated carbocycles. The Morgan fingerprint density at radius 3 is 2.60 bits per heavy atom. The number of nitrogens with one attached hydrogen (secondary N) is 3. The molecule has 3 aliphatic rings. The molecule has 1 unspecified atom stereocenters. The van der Waals surface area contributed by atoms with Crippen LogP contribution in [-0.4, -0.2) is 63.4 Å². The second-order valence-corrected chi connectivity index (χ2v) is 9.41. The second kappa shape index (κ2) is 10.5. The second-order valence-electron chi connectivity index (χ2n) is 9.41. The molecule has 5 rings (SSSR count). The predicted molar refractivity (Wildman–Crippen MR) is 142 cm³/mol. The van der Waals surface area contributed by atoms with Crippen LogP contribution in [-0.2, 0) is 6.54 Å². The van der Waals surface area contributed by atoms with Crippen LogP contribution in [0.25, 0.3) is 5.70 Å². The quantitative estimate of drug-likeness (QED) is 0.440. The van der Waals surface area contributed by atoms with Crippen LogP contribution in [0.15, 0.2) is 66.4 Å². The van der Waals surface area contributed by atoms with Gasteiger partial charge in [0.25, 0.3) is 0 Å². The number of hydrogen-bond acceptors (Lipinski definition) is 6. The molecule has 5 N–H and O–H groups in total. The number of anilines is 2. The summed E-state index contributed by atoms with van der Waals surface area (Å²) < 4.78 is 0. The first-order valence-corrected chi connectivity index (χ1v) is 12.4. The summed E-state index contributed by atoms with van der Waals surface area (Å²) in [5.74, 6) is 0. The van der Waals surface area contributed by atoms with Crippen molar-refractivity contribution in [3.05, 3.63) is 77.5 Å². The van der Waals surface area contributed by atoms with Gasteiger partial charge in [-0.2, -0.15) is 0 Å². The maximum absolute atomic E-state index is 12.9. The van der Waals surface area contributed by atoms with Crippen molar-refractivity contribution in [2.45, 2.75) is 19.1 Å². The fraction of sp³-hybridized carbons (Fsp3) is 0.370. The molecule has 1 saturated heterocycles. The van der Waals surface area contributed by atoms with Crippen LogP contribution in [0.5, 0.6) is 0 Å². The van der Waals surface area contributed by atoms with Gasteiger partial charge >= 0.3 is 6.03 Å². The number of nitrogens with two attached hydrogens (primary N) is 1. The number of rotatable bonds is 8. The molecule has 8 nitrogen and oxygen atoms in total. The summed E-state index contributed by atoms with van der Waals surface area (Å²) in [7, 11) is 2.17. The number of benzene rings is 2. The smallest absolute Gasteiger partial charge is 0.327 e. The van der Waals surface area contributed by atoms with Gasteiger partial charge in [0.15, 0.2) is 0 Å². The van der Waals surface area contributed by atoms with E-state index in [2.05, 4.69) is 75.3 Å². The first-order valence-electron chi connectivity index (χ1n) is 12.4. The number of piperazine rings is 1. The minimum atomic E-state index is -0.216. The van der Waals surface area contributed by atoms with Crippen LogP contribution in [0.2, 0.25) is 0 Å². The minimum Gasteiger partial charge on any atom is -0.369 e. The molecule has 35 heavy (non-hydrogen) atoms. The van der Waals surface area contributed by atoms with Crippen LogP contribution in [0, 0.1) is 0 Å². The molecule has 8 heteroatoms. The zero-order valence-electron chi connectivity index (χ0n) is 20.3. The standard InChI is InChI=1S/C27H35N7O/c1-32-12-14-33(15-13-32)24-5-2-4-21(16-24)25-17-22-19-34(27(35)31-26(22)30-25)23-8-6-20(7-9-23)18-29-11-3-10-28/h2,4-9,16-17,19,26,29-30H,3,10-15,18,28H2,1H3,(H,31,35). The van der Waals surface area contributed by atoms with E-state index in [-0.39, 0.29) is 12.2 Å². The lowest BCUT2D eigenvalue weighted by Gasteiger charge is -2.34. The monoisotopic (exact) mass is 473 g/mol. The highest BCUT2D eigenvalue weighted by molar-refractivity contribution is 5.96. The van der Waals surface area contributed by atoms with Crippen molar-refractivity contribution in [1.82, 2.24) is 20.9 Å². The van der Waals surface area contributed by atoms with Gasteiger partial charge in [0.1, 0.15) is 6.17 Å². The molecule has 184 valence electrons. The molecule has 0 bridgehead atoms. The average molecular weight is 474 g/mol. The lowest BCUT2D eigenvalue weighted by Crippen LogP contribution is -2.51. The topological polar surface area (TPSA) is 88.9 Å². The zero-order chi connectivity index (χ0) is 24.2. The first-order chi connectivity index (χ1) is 17.1. The van der Waals surface area contributed by atoms with E-state index in [4.69, 9.17) is 5.73 Å². The lowest BCUT2D eigenvalue weighted by atomic mass is 10.1. The largest absolute Gasteiger partial charge is 0.369 e. The number of nitrogens with zero attached hydrogens (tertiary/aromatic N) is 3. The fourth-order valence-corrected chi connectivity index (χ4v) is 4.69. The minimum absolute atomic E-state index is 0.138. The van der Waals surface area contributed by atoms with E-state index in [1.165, 1.54) is 11.3 Å². The molecular formula is C27H35N7O. The average Bonchev–Trinajstić information content (AvgIpc) is 3.30. The molecule has 3 heterocycles. The Morgan fingerprint density at radius 2 is 1.83 bits per heavy atom. The molecule has 0 radical (unpaired) electrons. The number of likely N-dealkylation sites (N-methyl/N-ethyl adjacent to an activating group) is 1. The van der Waals surface area contributed by atoms with Crippen molar-refractivity contribution >= 4 is 23.1 Å². The van der Waals surface area contributed by atoms with Crippen molar-refractivity contribution in [2.75, 3.05) is 56.1 Å². The van der Waals surface area contributed by atoms with Gasteiger partial charge in [-0.05, 0) is 68.0 Å². The third kappa shape index (κ3) is 5.35. The van der Waals surface area contributed by atoms with Crippen molar-refractivity contribution in [2.24, 2.45) is 5.73 Å². The van der Waals surface area contributed by atoms with E-state index < -0.39 is 0 Å². The van der Waals surface area contributed by atoms with Gasteiger partial charge in [0.2, 0.25) is 0 Å². The number of hydrogen-bond donors (Lipinski definition) is 4. The predicted octanol–water partition coefficient (Wildman–Crippen LogP) is 2.26. The van der Waals surface area contributed by atoms with Gasteiger partial charge in [-0.25, -0.2) is 4.79 Å². The van der Waals surface area contributed by atoms with E-state index in [0.29, 0.717) is 6.54 Å². The first kappa shape index (κ1) is 23.4. The maximum Gasteiger partial charge on any atom is 0.327 e. The molecule has 0 aliphatic carbocycles. The number of carbonyl (C=O) groups is 1. The summed E-state index contributed by atoms with van der Waals surface area (Å²) >= 11 is 0. The fourth-order valence-electron chi connectivity index (χ4n) is 4.69. The van der Waals surface area contributed by atoms with Crippen molar-refractivity contribution in [1.29, 1.82) is 0 Å². The summed E-state index contributed by atoms with van der Waals surface area (Å²) in [6.45, 7) is 6.61. The van der Waals surface area contributed by atoms with E-state index in [9.17, 15) is 4.79 Å². The van der Waals surface area contributed by atoms with E-state index in [0.717, 1.165) is 68.2 Å². The third-order valence-electron chi connectivity index (χ3n) is 6.84. The molecule has 0 aromatic heterocycles. The molecule has 2 aromatic carbocycles. The summed E-state index contributed by atoms with van der Waals surface area (Å²) in [4.78, 5) is 19.3. The van der Waals surface area contributed by atoms with Gasteiger partial charge in [-0.15, -0.1) is 0 Å². The SMILES string of the molecule is CN1CCN(c2cccc(C3=CC4=CN(c5ccc(CNCCCN)cc5)C(=O)NC4N3)c2)CC1. The molecule has 0 spiro atoms. The van der Waals surface area contributed by atoms with E-state index in [1.807, 2.05) is 18.3 Å². The van der Waals surface area contributed by atoms with Gasteiger partial charge < -0.3 is 31.5 Å². The van der Waals surface area contributed by atoms with Gasteiger partial charge in [0.05, 0.1) is 5.69 Å². The Kier molecular flexibility index (Phi) is 7.03. The highest BCUT2D eigenvalue weighted by atomic mass is 16.2. The van der Waals surface area contributed by atoms with Gasteiger partial charge in [0, 0.05) is 55.9 Å². The Bertz CT molecular complexity index is 1100. The molecule has 2 aromatic rings. The molecular weight excluding hydrogens is 438 g/mol. The number of carbonyl (C=O) groups excluding carboxylic acids is 1. The van der Waals surface area contributed by atoms with Crippen LogP contribution < -0.4 is 31.5 Å². The molecule has 2 amide bonds. The van der Waals surface area contributed by atoms with Crippen LogP contribution >= 0.6 is 0 Å².